The SMILES string of the molecule is CCCOc1ccc(-c2csc(NC(=O)/C(C#N)=C/c3ccccc3OCCC)n2)cc1. The van der Waals surface area contributed by atoms with E-state index in [1.807, 2.05) is 66.9 Å². The maximum atomic E-state index is 12.7. The molecule has 2 aromatic carbocycles. The first-order valence-corrected chi connectivity index (χ1v) is 11.4. The number of thiazole rings is 1. The topological polar surface area (TPSA) is 84.2 Å². The van der Waals surface area contributed by atoms with E-state index >= 15 is 0 Å². The van der Waals surface area contributed by atoms with Gasteiger partial charge in [-0.1, -0.05) is 32.0 Å². The van der Waals surface area contributed by atoms with Gasteiger partial charge in [0.05, 0.1) is 18.9 Å². The zero-order valence-corrected chi connectivity index (χ0v) is 18.9. The second kappa shape index (κ2) is 11.7. The maximum Gasteiger partial charge on any atom is 0.268 e. The van der Waals surface area contributed by atoms with Gasteiger partial charge >= 0.3 is 0 Å². The van der Waals surface area contributed by atoms with E-state index in [1.165, 1.54) is 17.4 Å². The van der Waals surface area contributed by atoms with Crippen LogP contribution in [-0.2, 0) is 4.79 Å². The number of para-hydroxylation sites is 1. The number of anilines is 1. The van der Waals surface area contributed by atoms with Crippen LogP contribution < -0.4 is 14.8 Å². The Bertz CT molecular complexity index is 1110. The van der Waals surface area contributed by atoms with Gasteiger partial charge < -0.3 is 9.47 Å². The highest BCUT2D eigenvalue weighted by Crippen LogP contribution is 2.27. The van der Waals surface area contributed by atoms with Crippen molar-refractivity contribution in [3.63, 3.8) is 0 Å². The minimum Gasteiger partial charge on any atom is -0.494 e. The molecule has 0 aliphatic carbocycles. The van der Waals surface area contributed by atoms with E-state index in [2.05, 4.69) is 17.2 Å². The Labute approximate surface area is 192 Å². The number of carbonyl (C=O) groups excluding carboxylic acids is 1. The van der Waals surface area contributed by atoms with Crippen molar-refractivity contribution in [1.29, 1.82) is 5.26 Å². The molecule has 1 N–H and O–H groups in total. The Hall–Kier alpha value is -3.63. The molecule has 0 aliphatic heterocycles. The van der Waals surface area contributed by atoms with Crippen molar-refractivity contribution >= 4 is 28.5 Å². The molecular formula is C25H25N3O3S. The molecule has 7 heteroatoms. The average Bonchev–Trinajstić information content (AvgIpc) is 3.29. The van der Waals surface area contributed by atoms with E-state index in [-0.39, 0.29) is 5.57 Å². The predicted molar refractivity (Wildman–Crippen MR) is 128 cm³/mol. The van der Waals surface area contributed by atoms with Gasteiger partial charge in [-0.15, -0.1) is 11.3 Å². The first kappa shape index (κ1) is 23.0. The summed E-state index contributed by atoms with van der Waals surface area (Å²) in [6.07, 6.45) is 3.35. The number of benzene rings is 2. The average molecular weight is 448 g/mol. The van der Waals surface area contributed by atoms with Gasteiger partial charge in [0, 0.05) is 16.5 Å². The Morgan fingerprint density at radius 3 is 2.53 bits per heavy atom. The molecule has 0 atom stereocenters. The van der Waals surface area contributed by atoms with Gasteiger partial charge in [-0.2, -0.15) is 5.26 Å². The molecule has 0 aliphatic rings. The number of carbonyl (C=O) groups is 1. The molecule has 1 amide bonds. The van der Waals surface area contributed by atoms with Crippen molar-refractivity contribution in [2.45, 2.75) is 26.7 Å². The quantitative estimate of drug-likeness (QED) is 0.307. The van der Waals surface area contributed by atoms with Gasteiger partial charge in [0.15, 0.2) is 5.13 Å². The lowest BCUT2D eigenvalue weighted by Crippen LogP contribution is -2.13. The molecule has 32 heavy (non-hydrogen) atoms. The summed E-state index contributed by atoms with van der Waals surface area (Å²) in [5.41, 5.74) is 2.32. The second-order valence-corrected chi connectivity index (χ2v) is 7.78. The van der Waals surface area contributed by atoms with Crippen molar-refractivity contribution in [2.24, 2.45) is 0 Å². The van der Waals surface area contributed by atoms with Crippen molar-refractivity contribution in [2.75, 3.05) is 18.5 Å². The molecule has 0 fully saturated rings. The predicted octanol–water partition coefficient (Wildman–Crippen LogP) is 5.93. The first-order valence-electron chi connectivity index (χ1n) is 10.5. The molecule has 1 aromatic heterocycles. The molecule has 0 saturated carbocycles. The highest BCUT2D eigenvalue weighted by Gasteiger charge is 2.14. The van der Waals surface area contributed by atoms with Crippen LogP contribution in [0.25, 0.3) is 17.3 Å². The van der Waals surface area contributed by atoms with Crippen LogP contribution in [0.3, 0.4) is 0 Å². The molecule has 164 valence electrons. The Morgan fingerprint density at radius 2 is 1.81 bits per heavy atom. The number of nitrogens with one attached hydrogen (secondary N) is 1. The third-order valence-electron chi connectivity index (χ3n) is 4.39. The smallest absolute Gasteiger partial charge is 0.268 e. The summed E-state index contributed by atoms with van der Waals surface area (Å²) in [5.74, 6) is 0.936. The number of hydrogen-bond donors (Lipinski definition) is 1. The highest BCUT2D eigenvalue weighted by molar-refractivity contribution is 7.14. The lowest BCUT2D eigenvalue weighted by molar-refractivity contribution is -0.112. The van der Waals surface area contributed by atoms with E-state index < -0.39 is 5.91 Å². The summed E-state index contributed by atoms with van der Waals surface area (Å²) >= 11 is 1.30. The molecule has 0 radical (unpaired) electrons. The largest absolute Gasteiger partial charge is 0.494 e. The van der Waals surface area contributed by atoms with Crippen LogP contribution >= 0.6 is 11.3 Å². The number of amides is 1. The number of rotatable bonds is 10. The number of ether oxygens (including phenoxy) is 2. The van der Waals surface area contributed by atoms with Crippen molar-refractivity contribution in [3.05, 3.63) is 65.0 Å². The van der Waals surface area contributed by atoms with Crippen molar-refractivity contribution in [3.8, 4) is 28.8 Å². The van der Waals surface area contributed by atoms with Gasteiger partial charge in [-0.05, 0) is 49.2 Å². The van der Waals surface area contributed by atoms with Crippen LogP contribution in [-0.4, -0.2) is 24.1 Å². The van der Waals surface area contributed by atoms with Crippen LogP contribution in [0.5, 0.6) is 11.5 Å². The summed E-state index contributed by atoms with van der Waals surface area (Å²) in [7, 11) is 0. The van der Waals surface area contributed by atoms with Crippen LogP contribution in [0.1, 0.15) is 32.3 Å². The molecule has 3 aromatic rings. The zero-order valence-electron chi connectivity index (χ0n) is 18.1. The Kier molecular flexibility index (Phi) is 8.41. The van der Waals surface area contributed by atoms with E-state index in [0.717, 1.165) is 29.8 Å². The van der Waals surface area contributed by atoms with E-state index in [1.54, 1.807) is 0 Å². The van der Waals surface area contributed by atoms with Crippen molar-refractivity contribution in [1.82, 2.24) is 4.98 Å². The van der Waals surface area contributed by atoms with Crippen molar-refractivity contribution < 1.29 is 14.3 Å². The third-order valence-corrected chi connectivity index (χ3v) is 5.15. The van der Waals surface area contributed by atoms with Gasteiger partial charge in [0.2, 0.25) is 0 Å². The van der Waals surface area contributed by atoms with Gasteiger partial charge in [-0.25, -0.2) is 4.98 Å². The molecule has 6 nitrogen and oxygen atoms in total. The summed E-state index contributed by atoms with van der Waals surface area (Å²) in [5, 5.41) is 14.5. The molecule has 3 rings (SSSR count). The fourth-order valence-electron chi connectivity index (χ4n) is 2.82. The van der Waals surface area contributed by atoms with Crippen LogP contribution in [0.2, 0.25) is 0 Å². The van der Waals surface area contributed by atoms with Gasteiger partial charge in [0.1, 0.15) is 23.1 Å². The van der Waals surface area contributed by atoms with Crippen LogP contribution in [0.4, 0.5) is 5.13 Å². The van der Waals surface area contributed by atoms with Gasteiger partial charge in [-0.3, -0.25) is 10.1 Å². The molecule has 0 saturated heterocycles. The molecule has 1 heterocycles. The molecule has 0 bridgehead atoms. The number of nitrogens with zero attached hydrogens (tertiary/aromatic N) is 2. The van der Waals surface area contributed by atoms with Crippen LogP contribution in [0, 0.1) is 11.3 Å². The maximum absolute atomic E-state index is 12.7. The Morgan fingerprint density at radius 1 is 1.09 bits per heavy atom. The van der Waals surface area contributed by atoms with E-state index in [0.29, 0.717) is 29.7 Å². The lowest BCUT2D eigenvalue weighted by atomic mass is 10.1. The van der Waals surface area contributed by atoms with E-state index in [4.69, 9.17) is 9.47 Å². The standard InChI is InChI=1S/C25H25N3O3S/c1-3-13-30-21-11-9-18(10-12-21)22-17-32-25(27-22)28-24(29)20(16-26)15-19-7-5-6-8-23(19)31-14-4-2/h5-12,15,17H,3-4,13-14H2,1-2H3,(H,27,28,29)/b20-15+. The summed E-state index contributed by atoms with van der Waals surface area (Å²) in [4.78, 5) is 17.2. The minimum absolute atomic E-state index is 0.0216. The number of nitriles is 1. The summed E-state index contributed by atoms with van der Waals surface area (Å²) < 4.78 is 11.3. The van der Waals surface area contributed by atoms with Gasteiger partial charge in [0.25, 0.3) is 5.91 Å². The lowest BCUT2D eigenvalue weighted by Gasteiger charge is -2.08. The second-order valence-electron chi connectivity index (χ2n) is 6.92. The monoisotopic (exact) mass is 447 g/mol. The Balaban J connectivity index is 1.71. The fraction of sp³-hybridized carbons (Fsp3) is 0.240. The molecule has 0 spiro atoms. The van der Waals surface area contributed by atoms with Crippen LogP contribution in [0.15, 0.2) is 59.5 Å². The number of aromatic nitrogens is 1. The summed E-state index contributed by atoms with van der Waals surface area (Å²) in [6.45, 7) is 5.32. The fourth-order valence-corrected chi connectivity index (χ4v) is 3.53. The summed E-state index contributed by atoms with van der Waals surface area (Å²) in [6, 6.07) is 17.0. The molecular weight excluding hydrogens is 422 g/mol. The minimum atomic E-state index is -0.512. The normalized spacial score (nSPS) is 11.0. The first-order chi connectivity index (χ1) is 15.6. The van der Waals surface area contributed by atoms with E-state index in [9.17, 15) is 10.1 Å². The zero-order chi connectivity index (χ0) is 22.8. The molecule has 0 unspecified atom stereocenters. The number of hydrogen-bond acceptors (Lipinski definition) is 6. The highest BCUT2D eigenvalue weighted by atomic mass is 32.1. The third kappa shape index (κ3) is 6.19.